The molecule has 0 radical (unpaired) electrons. The summed E-state index contributed by atoms with van der Waals surface area (Å²) in [6.45, 7) is 2.18. The lowest BCUT2D eigenvalue weighted by atomic mass is 9.97. The largest absolute Gasteiger partial charge is 0.330 e. The van der Waals surface area contributed by atoms with E-state index in [-0.39, 0.29) is 11.6 Å². The van der Waals surface area contributed by atoms with Crippen molar-refractivity contribution in [2.45, 2.75) is 37.8 Å². The van der Waals surface area contributed by atoms with E-state index in [4.69, 9.17) is 12.2 Å². The van der Waals surface area contributed by atoms with Crippen LogP contribution in [0.1, 0.15) is 31.7 Å². The molecule has 2 aliphatic heterocycles. The van der Waals surface area contributed by atoms with Crippen LogP contribution in [0.5, 0.6) is 0 Å². The molecule has 2 saturated heterocycles. The second kappa shape index (κ2) is 4.88. The highest BCUT2D eigenvalue weighted by Crippen LogP contribution is 2.35. The lowest BCUT2D eigenvalue weighted by Gasteiger charge is -2.35. The number of H-pyrrole nitrogens is 1. The Morgan fingerprint density at radius 1 is 1.14 bits per heavy atom. The predicted octanol–water partition coefficient (Wildman–Crippen LogP) is 3.78. The van der Waals surface area contributed by atoms with Gasteiger partial charge in [0.2, 0.25) is 0 Å². The van der Waals surface area contributed by atoms with E-state index in [9.17, 15) is 8.78 Å². The molecule has 0 saturated carbocycles. The van der Waals surface area contributed by atoms with E-state index in [1.165, 1.54) is 19.4 Å². The summed E-state index contributed by atoms with van der Waals surface area (Å²) < 4.78 is 30.1. The van der Waals surface area contributed by atoms with Crippen LogP contribution in [0.2, 0.25) is 0 Å². The molecular weight excluding hydrogens is 292 g/mol. The van der Waals surface area contributed by atoms with Gasteiger partial charge in [0, 0.05) is 18.6 Å². The fourth-order valence-electron chi connectivity index (χ4n) is 3.94. The summed E-state index contributed by atoms with van der Waals surface area (Å²) in [5, 5.41) is 0. The second-order valence-corrected chi connectivity index (χ2v) is 6.45. The molecule has 0 aliphatic carbocycles. The summed E-state index contributed by atoms with van der Waals surface area (Å²) in [6.07, 6.45) is 4.34. The van der Waals surface area contributed by atoms with Crippen molar-refractivity contribution in [3.63, 3.8) is 0 Å². The van der Waals surface area contributed by atoms with Crippen LogP contribution in [0.15, 0.2) is 12.1 Å². The summed E-state index contributed by atoms with van der Waals surface area (Å²) in [5.41, 5.74) is 0.865. The Bertz CT molecular complexity index is 751. The van der Waals surface area contributed by atoms with Gasteiger partial charge in [-0.1, -0.05) is 0 Å². The summed E-state index contributed by atoms with van der Waals surface area (Å²) >= 11 is 5.36. The Morgan fingerprint density at radius 3 is 2.86 bits per heavy atom. The molecule has 0 amide bonds. The number of imidazole rings is 1. The first-order valence-corrected chi connectivity index (χ1v) is 7.88. The summed E-state index contributed by atoms with van der Waals surface area (Å²) in [7, 11) is 0. The smallest absolute Gasteiger partial charge is 0.184 e. The van der Waals surface area contributed by atoms with Crippen molar-refractivity contribution in [2.75, 3.05) is 13.1 Å². The van der Waals surface area contributed by atoms with Gasteiger partial charge in [-0.3, -0.25) is 0 Å². The maximum Gasteiger partial charge on any atom is 0.184 e. The number of piperidine rings is 1. The van der Waals surface area contributed by atoms with E-state index in [2.05, 4.69) is 9.88 Å². The minimum atomic E-state index is -0.816. The molecule has 4 rings (SSSR count). The number of hydrogen-bond acceptors (Lipinski definition) is 2. The van der Waals surface area contributed by atoms with Gasteiger partial charge in [0.05, 0.1) is 5.52 Å². The highest BCUT2D eigenvalue weighted by Gasteiger charge is 2.33. The third-order valence-corrected chi connectivity index (χ3v) is 5.23. The molecule has 6 heteroatoms. The molecule has 3 nitrogen and oxygen atoms in total. The Morgan fingerprint density at radius 2 is 2.00 bits per heavy atom. The van der Waals surface area contributed by atoms with Gasteiger partial charge < -0.3 is 14.5 Å². The average molecular weight is 309 g/mol. The monoisotopic (exact) mass is 309 g/mol. The van der Waals surface area contributed by atoms with Gasteiger partial charge in [0.15, 0.2) is 16.4 Å². The first-order chi connectivity index (χ1) is 10.1. The minimum Gasteiger partial charge on any atom is -0.330 e. The number of fused-ring (bicyclic) bond motifs is 2. The van der Waals surface area contributed by atoms with Crippen molar-refractivity contribution in [2.24, 2.45) is 0 Å². The van der Waals surface area contributed by atoms with E-state index in [0.717, 1.165) is 25.5 Å². The number of aromatic nitrogens is 2. The number of halogens is 2. The first kappa shape index (κ1) is 13.4. The Hall–Kier alpha value is -1.27. The zero-order valence-electron chi connectivity index (χ0n) is 11.6. The molecular formula is C15H17F2N3S. The summed E-state index contributed by atoms with van der Waals surface area (Å²) in [4.78, 5) is 5.52. The SMILES string of the molecule is Fc1ccc2[nH]c(=S)n(C3CCN4CCCC4C3)c2c1F. The van der Waals surface area contributed by atoms with Crippen molar-refractivity contribution in [3.05, 3.63) is 28.5 Å². The van der Waals surface area contributed by atoms with Crippen molar-refractivity contribution < 1.29 is 8.78 Å². The highest BCUT2D eigenvalue weighted by molar-refractivity contribution is 7.71. The van der Waals surface area contributed by atoms with Gasteiger partial charge in [-0.2, -0.15) is 0 Å². The molecule has 1 aromatic carbocycles. The van der Waals surface area contributed by atoms with Crippen LogP contribution < -0.4 is 0 Å². The molecule has 21 heavy (non-hydrogen) atoms. The number of nitrogens with zero attached hydrogens (tertiary/aromatic N) is 2. The van der Waals surface area contributed by atoms with Crippen LogP contribution in [0.4, 0.5) is 8.78 Å². The molecule has 2 fully saturated rings. The van der Waals surface area contributed by atoms with Crippen LogP contribution in [-0.2, 0) is 0 Å². The fraction of sp³-hybridized carbons (Fsp3) is 0.533. The number of nitrogens with one attached hydrogen (secondary N) is 1. The Balaban J connectivity index is 1.81. The van der Waals surface area contributed by atoms with Gasteiger partial charge in [-0.05, 0) is 56.6 Å². The quantitative estimate of drug-likeness (QED) is 0.811. The second-order valence-electron chi connectivity index (χ2n) is 6.07. The van der Waals surface area contributed by atoms with Crippen LogP contribution in [0.25, 0.3) is 11.0 Å². The van der Waals surface area contributed by atoms with E-state index >= 15 is 0 Å². The van der Waals surface area contributed by atoms with Gasteiger partial charge >= 0.3 is 0 Å². The van der Waals surface area contributed by atoms with E-state index < -0.39 is 11.6 Å². The lowest BCUT2D eigenvalue weighted by Crippen LogP contribution is -2.38. The van der Waals surface area contributed by atoms with Crippen LogP contribution in [0.3, 0.4) is 0 Å². The van der Waals surface area contributed by atoms with E-state index in [1.807, 2.05) is 0 Å². The zero-order chi connectivity index (χ0) is 14.6. The zero-order valence-corrected chi connectivity index (χ0v) is 12.4. The Kier molecular flexibility index (Phi) is 3.11. The van der Waals surface area contributed by atoms with E-state index in [1.54, 1.807) is 10.6 Å². The number of aromatic amines is 1. The van der Waals surface area contributed by atoms with Crippen LogP contribution in [-0.4, -0.2) is 33.6 Å². The third-order valence-electron chi connectivity index (χ3n) is 4.93. The normalized spacial score (nSPS) is 26.4. The van der Waals surface area contributed by atoms with Gasteiger partial charge in [0.25, 0.3) is 0 Å². The number of benzene rings is 1. The maximum absolute atomic E-state index is 14.2. The van der Waals surface area contributed by atoms with Gasteiger partial charge in [-0.15, -0.1) is 0 Å². The predicted molar refractivity (Wildman–Crippen MR) is 79.9 cm³/mol. The highest BCUT2D eigenvalue weighted by atomic mass is 32.1. The summed E-state index contributed by atoms with van der Waals surface area (Å²) in [5.74, 6) is -1.61. The fourth-order valence-corrected chi connectivity index (χ4v) is 4.29. The molecule has 2 unspecified atom stereocenters. The topological polar surface area (TPSA) is 24.0 Å². The molecule has 112 valence electrons. The van der Waals surface area contributed by atoms with Crippen molar-refractivity contribution in [1.82, 2.24) is 14.5 Å². The van der Waals surface area contributed by atoms with Gasteiger partial charge in [0.1, 0.15) is 5.52 Å². The number of hydrogen-bond donors (Lipinski definition) is 1. The molecule has 2 aliphatic rings. The first-order valence-electron chi connectivity index (χ1n) is 7.47. The lowest BCUT2D eigenvalue weighted by molar-refractivity contribution is 0.156. The Labute approximate surface area is 126 Å². The molecule has 0 spiro atoms. The van der Waals surface area contributed by atoms with Gasteiger partial charge in [-0.25, -0.2) is 8.78 Å². The molecule has 1 aromatic heterocycles. The van der Waals surface area contributed by atoms with Crippen molar-refractivity contribution >= 4 is 23.3 Å². The average Bonchev–Trinajstić information content (AvgIpc) is 3.06. The maximum atomic E-state index is 14.2. The summed E-state index contributed by atoms with van der Waals surface area (Å²) in [6, 6.07) is 3.42. The van der Waals surface area contributed by atoms with Crippen molar-refractivity contribution in [1.29, 1.82) is 0 Å². The molecule has 2 atom stereocenters. The molecule has 1 N–H and O–H groups in total. The van der Waals surface area contributed by atoms with Crippen LogP contribution >= 0.6 is 12.2 Å². The van der Waals surface area contributed by atoms with Crippen molar-refractivity contribution in [3.8, 4) is 0 Å². The third kappa shape index (κ3) is 2.04. The van der Waals surface area contributed by atoms with Crippen LogP contribution in [0, 0.1) is 16.4 Å². The molecule has 3 heterocycles. The number of rotatable bonds is 1. The van der Waals surface area contributed by atoms with E-state index in [0.29, 0.717) is 16.3 Å². The molecule has 0 bridgehead atoms. The minimum absolute atomic E-state index is 0.155. The standard InChI is InChI=1S/C15H17F2N3S/c16-11-3-4-12-14(13(11)17)20(15(21)18-12)10-5-7-19-6-1-2-9(19)8-10/h3-4,9-10H,1-2,5-8H2,(H,18,21). The molecule has 2 aromatic rings.